The Morgan fingerprint density at radius 3 is 1.17 bits per heavy atom. The molecule has 0 amide bonds. The van der Waals surface area contributed by atoms with Crippen molar-refractivity contribution in [3.8, 4) is 0 Å². The number of phosphoric acid groups is 1. The molecule has 0 radical (unpaired) electrons. The van der Waals surface area contributed by atoms with Gasteiger partial charge in [-0.15, -0.1) is 0 Å². The predicted molar refractivity (Wildman–Crippen MR) is 72.2 cm³/mol. The van der Waals surface area contributed by atoms with Gasteiger partial charge < -0.3 is 34.5 Å². The van der Waals surface area contributed by atoms with Crippen LogP contribution >= 0.6 is 7.82 Å². The minimum Gasteiger partial charge on any atom is -0.545 e. The molecule has 0 fully saturated rings. The fraction of sp³-hybridized carbons (Fsp3) is 0.167. The number of rotatable bonds is 4. The molecule has 23 heavy (non-hydrogen) atoms. The van der Waals surface area contributed by atoms with Crippen molar-refractivity contribution in [2.75, 3.05) is 0 Å². The molecule has 0 rings (SSSR count). The Morgan fingerprint density at radius 1 is 0.826 bits per heavy atom. The van der Waals surface area contributed by atoms with Crippen molar-refractivity contribution >= 4 is 19.8 Å². The van der Waals surface area contributed by atoms with E-state index in [9.17, 15) is 19.8 Å². The number of carbonyl (C=O) groups is 2. The van der Waals surface area contributed by atoms with Crippen LogP contribution in [0.2, 0.25) is 0 Å². The van der Waals surface area contributed by atoms with Crippen molar-refractivity contribution in [3.05, 3.63) is 48.6 Å². The molecule has 0 unspecified atom stereocenters. The van der Waals surface area contributed by atoms with Crippen LogP contribution in [0.3, 0.4) is 0 Å². The van der Waals surface area contributed by atoms with Gasteiger partial charge >= 0.3 is 88.8 Å². The maximum absolute atomic E-state index is 9.64. The second kappa shape index (κ2) is 24.9. The summed E-state index contributed by atoms with van der Waals surface area (Å²) in [7, 11) is -4.64. The molecule has 0 aromatic heterocycles. The van der Waals surface area contributed by atoms with Crippen molar-refractivity contribution in [3.63, 3.8) is 0 Å². The zero-order valence-electron chi connectivity index (χ0n) is 13.4. The molecule has 11 heteroatoms. The Hall–Kier alpha value is 0.646. The average Bonchev–Trinajstić information content (AvgIpc) is 2.27. The largest absolute Gasteiger partial charge is 1.00 e. The summed E-state index contributed by atoms with van der Waals surface area (Å²) in [5, 5.41) is 19.3. The summed E-state index contributed by atoms with van der Waals surface area (Å²) in [5.74, 6) is -2.33. The zero-order valence-corrected chi connectivity index (χ0v) is 19.5. The molecule has 0 aliphatic carbocycles. The number of hydrogen-bond acceptors (Lipinski definition) is 5. The zero-order chi connectivity index (χ0) is 17.3. The van der Waals surface area contributed by atoms with Crippen LogP contribution in [0.25, 0.3) is 0 Å². The quantitative estimate of drug-likeness (QED) is 0.187. The summed E-state index contributed by atoms with van der Waals surface area (Å²) in [6.45, 7) is 3.61. The summed E-state index contributed by atoms with van der Waals surface area (Å²) in [6, 6.07) is 0. The fourth-order valence-corrected chi connectivity index (χ4v) is 0.490. The molecule has 0 aliphatic heterocycles. The summed E-state index contributed by atoms with van der Waals surface area (Å²) < 4.78 is 8.88. The molecular weight excluding hydrogens is 365 g/mol. The van der Waals surface area contributed by atoms with Crippen molar-refractivity contribution in [2.24, 2.45) is 0 Å². The average molecular weight is 382 g/mol. The maximum Gasteiger partial charge on any atom is 1.00 e. The molecule has 0 aromatic rings. The fourth-order valence-electron chi connectivity index (χ4n) is 0.490. The van der Waals surface area contributed by atoms with Gasteiger partial charge in [-0.2, -0.15) is 0 Å². The number of carbonyl (C=O) groups excluding carboxylic acids is 2. The summed E-state index contributed by atoms with van der Waals surface area (Å²) in [4.78, 5) is 40.8. The molecule has 0 atom stereocenters. The van der Waals surface area contributed by atoms with E-state index >= 15 is 0 Å². The number of aliphatic carboxylic acids is 2. The number of allylic oxidation sites excluding steroid dienone is 6. The molecule has 0 saturated carbocycles. The van der Waals surface area contributed by atoms with Gasteiger partial charge in [0.05, 0.1) is 11.9 Å². The van der Waals surface area contributed by atoms with Crippen molar-refractivity contribution in [1.29, 1.82) is 0 Å². The standard InChI is InChI=1S/2C6H8O2.K.Na.H3O4P/c2*1-2-3-4-5-6(7)8;;;1-5(2,3)4/h2*2-5H,1H3,(H,7,8);;;(H3,1,2,3,4)/q;;2*+1;/p-2/b2*3-2+,5-4+;;;. The second-order valence-corrected chi connectivity index (χ2v) is 3.95. The van der Waals surface area contributed by atoms with E-state index < -0.39 is 19.8 Å². The van der Waals surface area contributed by atoms with Crippen LogP contribution < -0.4 is 91.2 Å². The Labute approximate surface area is 199 Å². The van der Waals surface area contributed by atoms with Gasteiger partial charge in [-0.1, -0.05) is 36.5 Å². The SMILES string of the molecule is C/C=C/C=C/C(=O)[O-].C/C=C/C=C/C(=O)[O-].O=P(O)(O)O.[K+].[Na+]. The van der Waals surface area contributed by atoms with Crippen LogP contribution in [0.15, 0.2) is 48.6 Å². The van der Waals surface area contributed by atoms with Crippen molar-refractivity contribution < 1.29 is 120 Å². The first-order valence-corrected chi connectivity index (χ1v) is 6.90. The molecule has 120 valence electrons. The van der Waals surface area contributed by atoms with Gasteiger partial charge in [0.2, 0.25) is 0 Å². The van der Waals surface area contributed by atoms with Crippen LogP contribution in [0.1, 0.15) is 13.8 Å². The minimum atomic E-state index is -4.64. The Balaban J connectivity index is -0.0000000693. The second-order valence-electron chi connectivity index (χ2n) is 2.92. The molecular formula is C12H17KNaO8P. The third kappa shape index (κ3) is 85.2. The normalized spacial score (nSPS) is 10.3. The van der Waals surface area contributed by atoms with E-state index in [2.05, 4.69) is 0 Å². The van der Waals surface area contributed by atoms with E-state index in [1.165, 1.54) is 12.2 Å². The van der Waals surface area contributed by atoms with Crippen LogP contribution in [0.4, 0.5) is 0 Å². The van der Waals surface area contributed by atoms with E-state index in [-0.39, 0.29) is 80.9 Å². The molecule has 0 saturated heterocycles. The van der Waals surface area contributed by atoms with Crippen LogP contribution in [-0.4, -0.2) is 26.6 Å². The van der Waals surface area contributed by atoms with E-state index in [1.807, 2.05) is 0 Å². The first kappa shape index (κ1) is 34.9. The van der Waals surface area contributed by atoms with E-state index in [0.29, 0.717) is 0 Å². The van der Waals surface area contributed by atoms with Gasteiger partial charge in [-0.05, 0) is 26.0 Å². The number of carboxylic acids is 2. The van der Waals surface area contributed by atoms with Gasteiger partial charge in [0.1, 0.15) is 0 Å². The molecule has 0 bridgehead atoms. The van der Waals surface area contributed by atoms with E-state index in [1.54, 1.807) is 38.2 Å². The van der Waals surface area contributed by atoms with Crippen LogP contribution in [0, 0.1) is 0 Å². The molecule has 8 nitrogen and oxygen atoms in total. The van der Waals surface area contributed by atoms with Gasteiger partial charge in [-0.25, -0.2) is 4.57 Å². The van der Waals surface area contributed by atoms with Gasteiger partial charge in [0.15, 0.2) is 0 Å². The minimum absolute atomic E-state index is 0. The van der Waals surface area contributed by atoms with Crippen LogP contribution in [-0.2, 0) is 14.2 Å². The first-order chi connectivity index (χ1) is 9.54. The van der Waals surface area contributed by atoms with Gasteiger partial charge in [0.25, 0.3) is 0 Å². The monoisotopic (exact) mass is 382 g/mol. The Bertz CT molecular complexity index is 414. The van der Waals surface area contributed by atoms with Crippen molar-refractivity contribution in [2.45, 2.75) is 13.8 Å². The topological polar surface area (TPSA) is 158 Å². The molecule has 0 aromatic carbocycles. The van der Waals surface area contributed by atoms with Crippen molar-refractivity contribution in [1.82, 2.24) is 0 Å². The summed E-state index contributed by atoms with van der Waals surface area (Å²) in [5.41, 5.74) is 0. The predicted octanol–water partition coefficient (Wildman–Crippen LogP) is -7.18. The summed E-state index contributed by atoms with van der Waals surface area (Å²) >= 11 is 0. The molecule has 0 heterocycles. The number of hydrogen-bond donors (Lipinski definition) is 3. The molecule has 3 N–H and O–H groups in total. The van der Waals surface area contributed by atoms with Gasteiger partial charge in [0, 0.05) is 0 Å². The smallest absolute Gasteiger partial charge is 0.545 e. The Kier molecular flexibility index (Phi) is 37.8. The van der Waals surface area contributed by atoms with Crippen LogP contribution in [0.5, 0.6) is 0 Å². The maximum atomic E-state index is 9.64. The Morgan fingerprint density at radius 2 is 1.04 bits per heavy atom. The molecule has 0 aliphatic rings. The molecule has 0 spiro atoms. The third-order valence-corrected chi connectivity index (χ3v) is 1.07. The third-order valence-electron chi connectivity index (χ3n) is 1.07. The summed E-state index contributed by atoms with van der Waals surface area (Å²) in [6.07, 6.45) is 11.5. The van der Waals surface area contributed by atoms with Gasteiger partial charge in [-0.3, -0.25) is 0 Å². The van der Waals surface area contributed by atoms with E-state index in [4.69, 9.17) is 19.2 Å². The first-order valence-electron chi connectivity index (χ1n) is 5.33. The number of carboxylic acid groups (broad SMARTS) is 2. The van der Waals surface area contributed by atoms with E-state index in [0.717, 1.165) is 12.2 Å².